The van der Waals surface area contributed by atoms with Crippen LogP contribution < -0.4 is 14.9 Å². The molecule has 1 aromatic carbocycles. The molecule has 0 saturated heterocycles. The standard InChI is InChI=1S/C23H21ClN2O3S2/c1-13(2)12-29-22(28)19-14(3)25-23-26(20(19)17-9-6-10-30-17)21(27)18(31-23)11-15-7-4-5-8-16(15)24/h4-11,13,20H,12H2,1-3H3/b18-11+/t20-/m1/s1. The third-order valence-corrected chi connectivity index (χ3v) is 7.05. The normalized spacial score (nSPS) is 16.4. The molecule has 0 bridgehead atoms. The second kappa shape index (κ2) is 8.94. The summed E-state index contributed by atoms with van der Waals surface area (Å²) in [6.45, 7) is 6.06. The van der Waals surface area contributed by atoms with Crippen molar-refractivity contribution >= 4 is 46.3 Å². The summed E-state index contributed by atoms with van der Waals surface area (Å²) < 4.78 is 7.63. The number of nitrogens with zero attached hydrogens (tertiary/aromatic N) is 2. The van der Waals surface area contributed by atoms with Crippen molar-refractivity contribution in [3.05, 3.63) is 88.2 Å². The summed E-state index contributed by atoms with van der Waals surface area (Å²) in [5, 5.41) is 2.50. The minimum Gasteiger partial charge on any atom is -0.462 e. The monoisotopic (exact) mass is 472 g/mol. The lowest BCUT2D eigenvalue weighted by molar-refractivity contribution is -0.140. The molecule has 1 aliphatic heterocycles. The molecule has 0 radical (unpaired) electrons. The molecule has 3 aromatic rings. The number of rotatable bonds is 5. The number of allylic oxidation sites excluding steroid dienone is 1. The van der Waals surface area contributed by atoms with Gasteiger partial charge in [0.15, 0.2) is 4.80 Å². The van der Waals surface area contributed by atoms with Gasteiger partial charge in [0, 0.05) is 9.90 Å². The third-order valence-electron chi connectivity index (χ3n) is 4.79. The number of carbonyl (C=O) groups is 1. The van der Waals surface area contributed by atoms with E-state index in [9.17, 15) is 9.59 Å². The van der Waals surface area contributed by atoms with Crippen molar-refractivity contribution in [2.45, 2.75) is 26.8 Å². The Morgan fingerprint density at radius 3 is 2.74 bits per heavy atom. The molecular weight excluding hydrogens is 452 g/mol. The molecule has 4 rings (SSSR count). The number of hydrogen-bond donors (Lipinski definition) is 0. The summed E-state index contributed by atoms with van der Waals surface area (Å²) >= 11 is 9.07. The van der Waals surface area contributed by atoms with Crippen LogP contribution in [-0.2, 0) is 9.53 Å². The first-order valence-electron chi connectivity index (χ1n) is 9.84. The number of halogens is 1. The highest BCUT2D eigenvalue weighted by atomic mass is 35.5. The summed E-state index contributed by atoms with van der Waals surface area (Å²) in [6, 6.07) is 10.6. The Morgan fingerprint density at radius 1 is 1.29 bits per heavy atom. The smallest absolute Gasteiger partial charge is 0.338 e. The van der Waals surface area contributed by atoms with E-state index in [4.69, 9.17) is 16.3 Å². The molecule has 31 heavy (non-hydrogen) atoms. The average Bonchev–Trinajstić information content (AvgIpc) is 3.36. The van der Waals surface area contributed by atoms with E-state index in [1.165, 1.54) is 22.7 Å². The van der Waals surface area contributed by atoms with E-state index in [-0.39, 0.29) is 11.5 Å². The molecule has 0 N–H and O–H groups in total. The van der Waals surface area contributed by atoms with E-state index in [0.29, 0.717) is 32.2 Å². The molecule has 3 heterocycles. The number of carbonyl (C=O) groups excluding carboxylic acids is 1. The second-order valence-electron chi connectivity index (χ2n) is 7.61. The Kier molecular flexibility index (Phi) is 6.27. The molecule has 1 aliphatic rings. The fourth-order valence-corrected chi connectivity index (χ4v) is 5.40. The molecule has 2 aromatic heterocycles. The number of aromatic nitrogens is 1. The van der Waals surface area contributed by atoms with Crippen LogP contribution in [0.3, 0.4) is 0 Å². The summed E-state index contributed by atoms with van der Waals surface area (Å²) in [5.41, 5.74) is 1.52. The van der Waals surface area contributed by atoms with Crippen molar-refractivity contribution in [1.29, 1.82) is 0 Å². The van der Waals surface area contributed by atoms with Crippen LogP contribution in [0.15, 0.2) is 62.8 Å². The van der Waals surface area contributed by atoms with E-state index in [2.05, 4.69) is 4.99 Å². The number of hydrogen-bond acceptors (Lipinski definition) is 6. The van der Waals surface area contributed by atoms with Crippen molar-refractivity contribution in [3.8, 4) is 0 Å². The molecule has 8 heteroatoms. The molecule has 0 fully saturated rings. The number of thiazole rings is 1. The van der Waals surface area contributed by atoms with Crippen LogP contribution in [0.1, 0.15) is 37.3 Å². The van der Waals surface area contributed by atoms with Crippen LogP contribution >= 0.6 is 34.3 Å². The summed E-state index contributed by atoms with van der Waals surface area (Å²) in [6.07, 6.45) is 1.77. The quantitative estimate of drug-likeness (QED) is 0.524. The van der Waals surface area contributed by atoms with Crippen LogP contribution in [0.5, 0.6) is 0 Å². The number of thiophene rings is 1. The first kappa shape index (κ1) is 21.7. The van der Waals surface area contributed by atoms with Crippen molar-refractivity contribution in [1.82, 2.24) is 4.57 Å². The fourth-order valence-electron chi connectivity index (χ4n) is 3.35. The molecule has 0 aliphatic carbocycles. The van der Waals surface area contributed by atoms with Crippen LogP contribution in [-0.4, -0.2) is 17.1 Å². The Labute approximate surface area is 192 Å². The summed E-state index contributed by atoms with van der Waals surface area (Å²) in [5.74, 6) is -0.226. The molecule has 5 nitrogen and oxygen atoms in total. The number of esters is 1. The maximum atomic E-state index is 13.4. The van der Waals surface area contributed by atoms with Gasteiger partial charge < -0.3 is 4.74 Å². The maximum absolute atomic E-state index is 13.4. The molecule has 0 spiro atoms. The van der Waals surface area contributed by atoms with Crippen LogP contribution in [0.25, 0.3) is 6.08 Å². The molecular formula is C23H21ClN2O3S2. The Morgan fingerprint density at radius 2 is 2.06 bits per heavy atom. The van der Waals surface area contributed by atoms with Gasteiger partial charge in [-0.3, -0.25) is 9.36 Å². The molecule has 160 valence electrons. The van der Waals surface area contributed by atoms with Crippen LogP contribution in [0.2, 0.25) is 5.02 Å². The zero-order valence-electron chi connectivity index (χ0n) is 17.3. The van der Waals surface area contributed by atoms with Gasteiger partial charge >= 0.3 is 5.97 Å². The second-order valence-corrected chi connectivity index (χ2v) is 10.0. The average molecular weight is 473 g/mol. The largest absolute Gasteiger partial charge is 0.462 e. The predicted octanol–water partition coefficient (Wildman–Crippen LogP) is 4.15. The molecule has 0 amide bonds. The van der Waals surface area contributed by atoms with Crippen molar-refractivity contribution < 1.29 is 9.53 Å². The third kappa shape index (κ3) is 4.31. The Hall–Kier alpha value is -2.48. The number of ether oxygens (including phenoxy) is 1. The summed E-state index contributed by atoms with van der Waals surface area (Å²) in [7, 11) is 0. The first-order valence-corrected chi connectivity index (χ1v) is 11.9. The fraction of sp³-hybridized carbons (Fsp3) is 0.261. The van der Waals surface area contributed by atoms with Gasteiger partial charge in [0.05, 0.1) is 22.4 Å². The minimum atomic E-state index is -0.565. The minimum absolute atomic E-state index is 0.205. The summed E-state index contributed by atoms with van der Waals surface area (Å²) in [4.78, 5) is 32.5. The predicted molar refractivity (Wildman–Crippen MR) is 125 cm³/mol. The van der Waals surface area contributed by atoms with Gasteiger partial charge in [-0.05, 0) is 42.0 Å². The maximum Gasteiger partial charge on any atom is 0.338 e. The molecule has 0 saturated carbocycles. The van der Waals surface area contributed by atoms with E-state index in [1.807, 2.05) is 49.6 Å². The van der Waals surface area contributed by atoms with E-state index < -0.39 is 12.0 Å². The topological polar surface area (TPSA) is 60.7 Å². The van der Waals surface area contributed by atoms with Crippen molar-refractivity contribution in [2.75, 3.05) is 6.61 Å². The lowest BCUT2D eigenvalue weighted by Gasteiger charge is -2.23. The van der Waals surface area contributed by atoms with E-state index in [1.54, 1.807) is 23.6 Å². The van der Waals surface area contributed by atoms with Gasteiger partial charge in [-0.2, -0.15) is 0 Å². The zero-order valence-corrected chi connectivity index (χ0v) is 19.7. The highest BCUT2D eigenvalue weighted by Gasteiger charge is 2.34. The highest BCUT2D eigenvalue weighted by Crippen LogP contribution is 2.33. The van der Waals surface area contributed by atoms with Gasteiger partial charge in [-0.15, -0.1) is 11.3 Å². The van der Waals surface area contributed by atoms with Crippen LogP contribution in [0.4, 0.5) is 0 Å². The van der Waals surface area contributed by atoms with Gasteiger partial charge in [0.25, 0.3) is 5.56 Å². The van der Waals surface area contributed by atoms with Gasteiger partial charge in [-0.1, -0.05) is 61.1 Å². The van der Waals surface area contributed by atoms with Crippen LogP contribution in [0, 0.1) is 5.92 Å². The first-order chi connectivity index (χ1) is 14.9. The highest BCUT2D eigenvalue weighted by molar-refractivity contribution is 7.10. The van der Waals surface area contributed by atoms with Gasteiger partial charge in [0.1, 0.15) is 6.04 Å². The SMILES string of the molecule is CC1=C(C(=O)OCC(C)C)[C@@H](c2cccs2)n2c(s/c(=C/c3ccccc3Cl)c2=O)=N1. The van der Waals surface area contributed by atoms with Crippen molar-refractivity contribution in [2.24, 2.45) is 10.9 Å². The lowest BCUT2D eigenvalue weighted by Crippen LogP contribution is -2.39. The number of benzene rings is 1. The lowest BCUT2D eigenvalue weighted by atomic mass is 10.0. The van der Waals surface area contributed by atoms with E-state index >= 15 is 0 Å². The van der Waals surface area contributed by atoms with Gasteiger partial charge in [-0.25, -0.2) is 9.79 Å². The molecule has 0 unspecified atom stereocenters. The van der Waals surface area contributed by atoms with E-state index in [0.717, 1.165) is 10.4 Å². The Balaban J connectivity index is 1.89. The van der Waals surface area contributed by atoms with Crippen molar-refractivity contribution in [3.63, 3.8) is 0 Å². The molecule has 1 atom stereocenters. The number of fused-ring (bicyclic) bond motifs is 1. The Bertz CT molecular complexity index is 1330. The zero-order chi connectivity index (χ0) is 22.1. The van der Waals surface area contributed by atoms with Gasteiger partial charge in [0.2, 0.25) is 0 Å².